The number of halogens is 3. The summed E-state index contributed by atoms with van der Waals surface area (Å²) in [5.74, 6) is 0.557. The van der Waals surface area contributed by atoms with Gasteiger partial charge in [0.15, 0.2) is 0 Å². The number of alkyl halides is 3. The molecule has 2 aromatic rings. The first kappa shape index (κ1) is 19.6. The molecule has 0 bridgehead atoms. The van der Waals surface area contributed by atoms with Crippen molar-refractivity contribution in [2.24, 2.45) is 0 Å². The molecule has 0 aromatic heterocycles. The molecular formula is C16H16F3NO3S2. The summed E-state index contributed by atoms with van der Waals surface area (Å²) >= 11 is -0.289. The van der Waals surface area contributed by atoms with Crippen molar-refractivity contribution in [3.63, 3.8) is 0 Å². The van der Waals surface area contributed by atoms with Gasteiger partial charge in [-0.25, -0.2) is 8.42 Å². The number of nitrogens with zero attached hydrogens (tertiary/aromatic N) is 1. The van der Waals surface area contributed by atoms with Gasteiger partial charge in [0.1, 0.15) is 5.75 Å². The lowest BCUT2D eigenvalue weighted by Crippen LogP contribution is -2.26. The Hall–Kier alpha value is -1.71. The molecule has 0 unspecified atom stereocenters. The first-order chi connectivity index (χ1) is 11.6. The summed E-state index contributed by atoms with van der Waals surface area (Å²) in [7, 11) is -0.942. The van der Waals surface area contributed by atoms with Crippen molar-refractivity contribution < 1.29 is 26.3 Å². The number of rotatable bonds is 6. The van der Waals surface area contributed by atoms with Crippen molar-refractivity contribution in [3.05, 3.63) is 54.1 Å². The van der Waals surface area contributed by atoms with Gasteiger partial charge >= 0.3 is 5.51 Å². The third kappa shape index (κ3) is 5.13. The Kier molecular flexibility index (Phi) is 6.02. The van der Waals surface area contributed by atoms with Crippen LogP contribution in [-0.2, 0) is 16.6 Å². The maximum absolute atomic E-state index is 12.6. The molecule has 25 heavy (non-hydrogen) atoms. The third-order valence-corrected chi connectivity index (χ3v) is 5.91. The average molecular weight is 391 g/mol. The Morgan fingerprint density at radius 3 is 2.24 bits per heavy atom. The molecule has 0 atom stereocenters. The predicted molar refractivity (Wildman–Crippen MR) is 90.0 cm³/mol. The van der Waals surface area contributed by atoms with Gasteiger partial charge in [-0.05, 0) is 42.1 Å². The molecule has 4 nitrogen and oxygen atoms in total. The smallest absolute Gasteiger partial charge is 0.446 e. The lowest BCUT2D eigenvalue weighted by atomic mass is 10.2. The molecule has 0 saturated heterocycles. The molecule has 2 aromatic carbocycles. The Morgan fingerprint density at radius 1 is 1.08 bits per heavy atom. The summed E-state index contributed by atoms with van der Waals surface area (Å²) in [4.78, 5) is -0.143. The van der Waals surface area contributed by atoms with Gasteiger partial charge < -0.3 is 4.74 Å². The van der Waals surface area contributed by atoms with E-state index in [1.54, 1.807) is 24.3 Å². The van der Waals surface area contributed by atoms with Crippen LogP contribution in [0.15, 0.2) is 58.3 Å². The Bertz CT molecular complexity index is 821. The molecule has 2 rings (SSSR count). The first-order valence-corrected chi connectivity index (χ1v) is 9.33. The SMILES string of the molecule is COc1ccccc1CN(C)S(=O)(=O)c1ccc(SC(F)(F)F)cc1. The van der Waals surface area contributed by atoms with Gasteiger partial charge in [0, 0.05) is 24.1 Å². The number of ether oxygens (including phenoxy) is 1. The van der Waals surface area contributed by atoms with Crippen LogP contribution in [0.25, 0.3) is 0 Å². The zero-order valence-electron chi connectivity index (χ0n) is 13.4. The summed E-state index contributed by atoms with van der Waals surface area (Å²) in [6.45, 7) is 0.0748. The summed E-state index contributed by atoms with van der Waals surface area (Å²) in [6.07, 6.45) is 0. The number of sulfonamides is 1. The summed E-state index contributed by atoms with van der Waals surface area (Å²) in [6, 6.07) is 11.6. The van der Waals surface area contributed by atoms with E-state index in [0.29, 0.717) is 11.3 Å². The molecule has 0 N–H and O–H groups in total. The molecule has 0 spiro atoms. The van der Waals surface area contributed by atoms with Gasteiger partial charge in [-0.3, -0.25) is 0 Å². The minimum absolute atomic E-state index is 0.0705. The third-order valence-electron chi connectivity index (χ3n) is 3.35. The highest BCUT2D eigenvalue weighted by molar-refractivity contribution is 8.00. The fourth-order valence-electron chi connectivity index (χ4n) is 2.15. The van der Waals surface area contributed by atoms with E-state index >= 15 is 0 Å². The highest BCUT2D eigenvalue weighted by atomic mass is 32.2. The molecule has 0 aliphatic rings. The summed E-state index contributed by atoms with van der Waals surface area (Å²) < 4.78 is 68.5. The molecule has 0 aliphatic heterocycles. The van der Waals surface area contributed by atoms with E-state index < -0.39 is 15.5 Å². The second-order valence-electron chi connectivity index (χ2n) is 5.09. The second kappa shape index (κ2) is 7.67. The molecule has 9 heteroatoms. The van der Waals surface area contributed by atoms with E-state index in [2.05, 4.69) is 0 Å². The topological polar surface area (TPSA) is 46.6 Å². The Labute approximate surface area is 148 Å². The molecule has 0 aliphatic carbocycles. The van der Waals surface area contributed by atoms with E-state index in [9.17, 15) is 21.6 Å². The van der Waals surface area contributed by atoms with Crippen LogP contribution in [0.2, 0.25) is 0 Å². The molecule has 0 radical (unpaired) electrons. The number of hydrogen-bond donors (Lipinski definition) is 0. The highest BCUT2D eigenvalue weighted by Crippen LogP contribution is 2.37. The molecular weight excluding hydrogens is 375 g/mol. The van der Waals surface area contributed by atoms with Crippen molar-refractivity contribution in [3.8, 4) is 5.75 Å². The van der Waals surface area contributed by atoms with Crippen LogP contribution in [0.1, 0.15) is 5.56 Å². The van der Waals surface area contributed by atoms with Crippen LogP contribution in [0.5, 0.6) is 5.75 Å². The van der Waals surface area contributed by atoms with Gasteiger partial charge in [0.2, 0.25) is 10.0 Å². The van der Waals surface area contributed by atoms with Crippen LogP contribution in [0, 0.1) is 0 Å². The fraction of sp³-hybridized carbons (Fsp3) is 0.250. The van der Waals surface area contributed by atoms with Crippen LogP contribution < -0.4 is 4.74 Å². The molecule has 0 fully saturated rings. The second-order valence-corrected chi connectivity index (χ2v) is 8.28. The van der Waals surface area contributed by atoms with E-state index in [1.807, 2.05) is 0 Å². The van der Waals surface area contributed by atoms with Crippen molar-refractivity contribution in [2.45, 2.75) is 21.8 Å². The predicted octanol–water partition coefficient (Wildman–Crippen LogP) is 4.13. The lowest BCUT2D eigenvalue weighted by Gasteiger charge is -2.19. The quantitative estimate of drug-likeness (QED) is 0.695. The zero-order chi connectivity index (χ0) is 18.7. The first-order valence-electron chi connectivity index (χ1n) is 7.07. The molecule has 0 amide bonds. The molecule has 0 heterocycles. The van der Waals surface area contributed by atoms with E-state index in [0.717, 1.165) is 16.4 Å². The van der Waals surface area contributed by atoms with Gasteiger partial charge in [-0.2, -0.15) is 17.5 Å². The number of benzene rings is 2. The van der Waals surface area contributed by atoms with Crippen molar-refractivity contribution in [1.82, 2.24) is 4.31 Å². The van der Waals surface area contributed by atoms with E-state index in [1.165, 1.54) is 26.3 Å². The standard InChI is InChI=1S/C16H16F3NO3S2/c1-20(11-12-5-3-4-6-15(12)23-2)25(21,22)14-9-7-13(8-10-14)24-16(17,18)19/h3-10H,11H2,1-2H3. The Morgan fingerprint density at radius 2 is 1.68 bits per heavy atom. The number of hydrogen-bond acceptors (Lipinski definition) is 4. The van der Waals surface area contributed by atoms with Crippen molar-refractivity contribution >= 4 is 21.8 Å². The van der Waals surface area contributed by atoms with E-state index in [-0.39, 0.29) is 28.1 Å². The van der Waals surface area contributed by atoms with Gasteiger partial charge in [0.25, 0.3) is 0 Å². The van der Waals surface area contributed by atoms with Crippen LogP contribution in [0.3, 0.4) is 0 Å². The minimum atomic E-state index is -4.42. The number of methoxy groups -OCH3 is 1. The van der Waals surface area contributed by atoms with Gasteiger partial charge in [0.05, 0.1) is 12.0 Å². The van der Waals surface area contributed by atoms with Crippen LogP contribution in [-0.4, -0.2) is 32.4 Å². The fourth-order valence-corrected chi connectivity index (χ4v) is 3.84. The zero-order valence-corrected chi connectivity index (χ0v) is 15.1. The largest absolute Gasteiger partial charge is 0.496 e. The average Bonchev–Trinajstić information content (AvgIpc) is 2.54. The lowest BCUT2D eigenvalue weighted by molar-refractivity contribution is -0.0328. The highest BCUT2D eigenvalue weighted by Gasteiger charge is 2.29. The maximum atomic E-state index is 12.6. The maximum Gasteiger partial charge on any atom is 0.446 e. The summed E-state index contributed by atoms with van der Waals surface area (Å²) in [5.41, 5.74) is -3.73. The van der Waals surface area contributed by atoms with E-state index in [4.69, 9.17) is 4.74 Å². The Balaban J connectivity index is 2.20. The van der Waals surface area contributed by atoms with Gasteiger partial charge in [-0.1, -0.05) is 18.2 Å². The van der Waals surface area contributed by atoms with Crippen molar-refractivity contribution in [1.29, 1.82) is 0 Å². The minimum Gasteiger partial charge on any atom is -0.496 e. The van der Waals surface area contributed by atoms with Crippen molar-refractivity contribution in [2.75, 3.05) is 14.2 Å². The van der Waals surface area contributed by atoms with Crippen LogP contribution in [0.4, 0.5) is 13.2 Å². The molecule has 136 valence electrons. The van der Waals surface area contributed by atoms with Crippen LogP contribution >= 0.6 is 11.8 Å². The van der Waals surface area contributed by atoms with Gasteiger partial charge in [-0.15, -0.1) is 0 Å². The number of thioether (sulfide) groups is 1. The monoisotopic (exact) mass is 391 g/mol. The molecule has 0 saturated carbocycles. The summed E-state index contributed by atoms with van der Waals surface area (Å²) in [5, 5.41) is 0. The number of para-hydroxylation sites is 1. The normalized spacial score (nSPS) is 12.4.